The summed E-state index contributed by atoms with van der Waals surface area (Å²) in [5.74, 6) is 0.975. The quantitative estimate of drug-likeness (QED) is 0.424. The second kappa shape index (κ2) is 9.01. The monoisotopic (exact) mass is 479 g/mol. The second-order valence-corrected chi connectivity index (χ2v) is 7.55. The topological polar surface area (TPSA) is 85.7 Å². The van der Waals surface area contributed by atoms with Gasteiger partial charge in [-0.15, -0.1) is 4.68 Å². The Hall–Kier alpha value is -3.65. The van der Waals surface area contributed by atoms with Crippen LogP contribution in [0.3, 0.4) is 0 Å². The number of halogens is 1. The van der Waals surface area contributed by atoms with Crippen molar-refractivity contribution in [3.8, 4) is 11.5 Å². The predicted octanol–water partition coefficient (Wildman–Crippen LogP) is 3.92. The smallest absolute Gasteiger partial charge is 0.349 e. The maximum absolute atomic E-state index is 12.7. The fourth-order valence-electron chi connectivity index (χ4n) is 3.06. The number of methoxy groups -OCH3 is 1. The summed E-state index contributed by atoms with van der Waals surface area (Å²) in [6.07, 6.45) is 1.41. The van der Waals surface area contributed by atoms with E-state index in [2.05, 4.69) is 26.0 Å². The average molecular weight is 480 g/mol. The number of aromatic nitrogens is 2. The van der Waals surface area contributed by atoms with Gasteiger partial charge in [-0.3, -0.25) is 4.79 Å². The molecule has 1 N–H and O–H groups in total. The number of benzene rings is 3. The highest BCUT2D eigenvalue weighted by molar-refractivity contribution is 9.10. The number of ether oxygens (including phenoxy) is 2. The first-order chi connectivity index (χ1) is 15.1. The molecule has 156 valence electrons. The highest BCUT2D eigenvalue weighted by atomic mass is 79.9. The summed E-state index contributed by atoms with van der Waals surface area (Å²) in [5.41, 5.74) is 0.870. The maximum atomic E-state index is 12.7. The predicted molar refractivity (Wildman–Crippen MR) is 123 cm³/mol. The van der Waals surface area contributed by atoms with Crippen molar-refractivity contribution in [1.29, 1.82) is 0 Å². The van der Waals surface area contributed by atoms with Crippen LogP contribution in [-0.2, 0) is 6.61 Å². The SMILES string of the molecule is COc1cccc(C=Nn2c(=O)[nH]c3ccccc3c2=O)c1OCc1ccc(Br)cc1. The zero-order chi connectivity index (χ0) is 21.8. The molecule has 0 radical (unpaired) electrons. The number of H-pyrrole nitrogens is 1. The van der Waals surface area contributed by atoms with E-state index in [1.807, 2.05) is 24.3 Å². The van der Waals surface area contributed by atoms with Crippen LogP contribution in [0.1, 0.15) is 11.1 Å². The van der Waals surface area contributed by atoms with E-state index in [4.69, 9.17) is 9.47 Å². The van der Waals surface area contributed by atoms with Crippen LogP contribution in [0.15, 0.2) is 85.9 Å². The third-order valence-electron chi connectivity index (χ3n) is 4.62. The Labute approximate surface area is 185 Å². The first kappa shape index (κ1) is 20.6. The Morgan fingerprint density at radius 2 is 1.81 bits per heavy atom. The summed E-state index contributed by atoms with van der Waals surface area (Å²) in [4.78, 5) is 27.7. The zero-order valence-corrected chi connectivity index (χ0v) is 18.1. The van der Waals surface area contributed by atoms with Crippen molar-refractivity contribution < 1.29 is 9.47 Å². The van der Waals surface area contributed by atoms with Gasteiger partial charge >= 0.3 is 5.69 Å². The Bertz CT molecular complexity index is 1370. The Kier molecular flexibility index (Phi) is 5.99. The van der Waals surface area contributed by atoms with Gasteiger partial charge in [0.2, 0.25) is 0 Å². The number of fused-ring (bicyclic) bond motifs is 1. The molecule has 0 aliphatic carbocycles. The molecular weight excluding hydrogens is 462 g/mol. The third kappa shape index (κ3) is 4.44. The minimum Gasteiger partial charge on any atom is -0.493 e. The molecule has 0 saturated heterocycles. The molecule has 31 heavy (non-hydrogen) atoms. The zero-order valence-electron chi connectivity index (χ0n) is 16.5. The van der Waals surface area contributed by atoms with Crippen molar-refractivity contribution in [2.45, 2.75) is 6.61 Å². The summed E-state index contributed by atoms with van der Waals surface area (Å²) in [6.45, 7) is 0.311. The molecule has 0 spiro atoms. The summed E-state index contributed by atoms with van der Waals surface area (Å²) in [7, 11) is 1.54. The highest BCUT2D eigenvalue weighted by Crippen LogP contribution is 2.31. The lowest BCUT2D eigenvalue weighted by atomic mass is 10.2. The number of nitrogens with one attached hydrogen (secondary N) is 1. The van der Waals surface area contributed by atoms with E-state index < -0.39 is 11.2 Å². The van der Waals surface area contributed by atoms with Gasteiger partial charge in [0.15, 0.2) is 11.5 Å². The summed E-state index contributed by atoms with van der Waals surface area (Å²) in [5, 5.41) is 4.49. The van der Waals surface area contributed by atoms with E-state index in [0.29, 0.717) is 34.6 Å². The Morgan fingerprint density at radius 3 is 2.58 bits per heavy atom. The number of aromatic amines is 1. The van der Waals surface area contributed by atoms with Crippen molar-refractivity contribution in [3.63, 3.8) is 0 Å². The van der Waals surface area contributed by atoms with Gasteiger partial charge in [0.05, 0.1) is 24.2 Å². The van der Waals surface area contributed by atoms with Crippen molar-refractivity contribution >= 4 is 33.0 Å². The van der Waals surface area contributed by atoms with Crippen LogP contribution >= 0.6 is 15.9 Å². The molecule has 0 aliphatic heterocycles. The molecule has 0 aliphatic rings. The number of nitrogens with zero attached hydrogens (tertiary/aromatic N) is 2. The largest absolute Gasteiger partial charge is 0.493 e. The Morgan fingerprint density at radius 1 is 1.03 bits per heavy atom. The van der Waals surface area contributed by atoms with Crippen LogP contribution < -0.4 is 20.7 Å². The van der Waals surface area contributed by atoms with Crippen LogP contribution in [0, 0.1) is 0 Å². The minimum atomic E-state index is -0.625. The van der Waals surface area contributed by atoms with E-state index in [1.165, 1.54) is 6.21 Å². The van der Waals surface area contributed by atoms with Gasteiger partial charge in [0.25, 0.3) is 5.56 Å². The molecule has 0 amide bonds. The molecule has 7 nitrogen and oxygen atoms in total. The van der Waals surface area contributed by atoms with Crippen LogP contribution in [0.25, 0.3) is 10.9 Å². The fourth-order valence-corrected chi connectivity index (χ4v) is 3.33. The second-order valence-electron chi connectivity index (χ2n) is 6.63. The lowest BCUT2D eigenvalue weighted by molar-refractivity contribution is 0.284. The van der Waals surface area contributed by atoms with Gasteiger partial charge < -0.3 is 14.5 Å². The van der Waals surface area contributed by atoms with Gasteiger partial charge in [-0.1, -0.05) is 46.3 Å². The van der Waals surface area contributed by atoms with E-state index in [9.17, 15) is 9.59 Å². The van der Waals surface area contributed by atoms with Crippen molar-refractivity contribution in [3.05, 3.63) is 103 Å². The van der Waals surface area contributed by atoms with Crippen molar-refractivity contribution in [2.75, 3.05) is 7.11 Å². The molecule has 4 rings (SSSR count). The van der Waals surface area contributed by atoms with Gasteiger partial charge in [0, 0.05) is 10.0 Å². The van der Waals surface area contributed by atoms with Crippen LogP contribution in [0.2, 0.25) is 0 Å². The molecule has 0 atom stereocenters. The van der Waals surface area contributed by atoms with Gasteiger partial charge in [-0.05, 0) is 42.0 Å². The molecular formula is C23H18BrN3O4. The summed E-state index contributed by atoms with van der Waals surface area (Å²) >= 11 is 3.41. The third-order valence-corrected chi connectivity index (χ3v) is 5.15. The van der Waals surface area contributed by atoms with E-state index in [-0.39, 0.29) is 0 Å². The molecule has 1 aromatic heterocycles. The first-order valence-electron chi connectivity index (χ1n) is 9.39. The summed E-state index contributed by atoms with van der Waals surface area (Å²) < 4.78 is 13.2. The first-order valence-corrected chi connectivity index (χ1v) is 10.2. The number of hydrogen-bond donors (Lipinski definition) is 1. The fraction of sp³-hybridized carbons (Fsp3) is 0.0870. The molecule has 4 aromatic rings. The van der Waals surface area contributed by atoms with Gasteiger partial charge in [0.1, 0.15) is 6.61 Å². The van der Waals surface area contributed by atoms with Gasteiger partial charge in [-0.25, -0.2) is 4.79 Å². The molecule has 0 bridgehead atoms. The van der Waals surface area contributed by atoms with Gasteiger partial charge in [-0.2, -0.15) is 5.10 Å². The van der Waals surface area contributed by atoms with Crippen LogP contribution in [-0.4, -0.2) is 23.0 Å². The van der Waals surface area contributed by atoms with Crippen LogP contribution in [0.5, 0.6) is 11.5 Å². The van der Waals surface area contributed by atoms with E-state index >= 15 is 0 Å². The number of rotatable bonds is 6. The van der Waals surface area contributed by atoms with Crippen molar-refractivity contribution in [2.24, 2.45) is 5.10 Å². The Balaban J connectivity index is 1.69. The van der Waals surface area contributed by atoms with E-state index in [0.717, 1.165) is 14.7 Å². The average Bonchev–Trinajstić information content (AvgIpc) is 2.78. The normalized spacial score (nSPS) is 11.2. The van der Waals surface area contributed by atoms with Crippen molar-refractivity contribution in [1.82, 2.24) is 9.66 Å². The molecule has 0 unspecified atom stereocenters. The number of para-hydroxylation sites is 2. The highest BCUT2D eigenvalue weighted by Gasteiger charge is 2.11. The summed E-state index contributed by atoms with van der Waals surface area (Å²) in [6, 6.07) is 19.8. The molecule has 8 heteroatoms. The van der Waals surface area contributed by atoms with Crippen LogP contribution in [0.4, 0.5) is 0 Å². The molecule has 0 fully saturated rings. The standard InChI is InChI=1S/C23H18BrN3O4/c1-30-20-8-4-5-16(21(20)31-14-15-9-11-17(24)12-10-15)13-25-27-22(28)18-6-2-3-7-19(18)26-23(27)29/h2-13H,14H2,1H3,(H,26,29). The minimum absolute atomic E-state index is 0.311. The molecule has 0 saturated carbocycles. The maximum Gasteiger partial charge on any atom is 0.349 e. The molecule has 1 heterocycles. The number of hydrogen-bond acceptors (Lipinski definition) is 5. The van der Waals surface area contributed by atoms with E-state index in [1.54, 1.807) is 49.6 Å². The lowest BCUT2D eigenvalue weighted by Crippen LogP contribution is -2.32. The molecule has 3 aromatic carbocycles. The lowest BCUT2D eigenvalue weighted by Gasteiger charge is -2.13.